The summed E-state index contributed by atoms with van der Waals surface area (Å²) in [5.74, 6) is -1.65. The molecule has 9 heteroatoms. The van der Waals surface area contributed by atoms with Crippen LogP contribution in [0, 0.1) is 5.92 Å². The Morgan fingerprint density at radius 3 is 2.23 bits per heavy atom. The Kier molecular flexibility index (Phi) is 5.55. The number of carbonyl (C=O) groups is 3. The quantitative estimate of drug-likeness (QED) is 0.479. The first-order valence-corrected chi connectivity index (χ1v) is 11.5. The molecule has 0 radical (unpaired) electrons. The Hall–Kier alpha value is -4.14. The molecule has 180 valence electrons. The number of nitrogens with zero attached hydrogens (tertiary/aromatic N) is 2. The number of benzene rings is 2. The van der Waals surface area contributed by atoms with Gasteiger partial charge in [-0.25, -0.2) is 9.59 Å². The topological polar surface area (TPSA) is 123 Å². The second-order valence-electron chi connectivity index (χ2n) is 9.22. The molecule has 3 aromatic rings. The molecule has 1 heterocycles. The van der Waals surface area contributed by atoms with Crippen LogP contribution in [0.25, 0.3) is 11.1 Å². The fourth-order valence-electron chi connectivity index (χ4n) is 4.83. The number of ether oxygens (including phenoxy) is 1. The number of hydrogen-bond donors (Lipinski definition) is 3. The maximum Gasteiger partial charge on any atom is 0.408 e. The van der Waals surface area contributed by atoms with Gasteiger partial charge in [0.15, 0.2) is 5.82 Å². The van der Waals surface area contributed by atoms with Crippen LogP contribution in [0.15, 0.2) is 54.6 Å². The summed E-state index contributed by atoms with van der Waals surface area (Å²) < 4.78 is 6.81. The van der Waals surface area contributed by atoms with Crippen molar-refractivity contribution in [2.24, 2.45) is 13.0 Å². The highest BCUT2D eigenvalue weighted by Gasteiger charge is 2.49. The number of aromatic carboxylic acids is 1. The molecule has 0 saturated heterocycles. The van der Waals surface area contributed by atoms with Gasteiger partial charge in [-0.2, -0.15) is 5.10 Å². The molecule has 3 N–H and O–H groups in total. The lowest BCUT2D eigenvalue weighted by atomic mass is 9.94. The van der Waals surface area contributed by atoms with Crippen molar-refractivity contribution in [3.05, 3.63) is 71.4 Å². The number of amides is 2. The van der Waals surface area contributed by atoms with E-state index in [-0.39, 0.29) is 30.0 Å². The zero-order valence-electron chi connectivity index (χ0n) is 19.4. The van der Waals surface area contributed by atoms with Gasteiger partial charge < -0.3 is 20.5 Å². The zero-order valence-corrected chi connectivity index (χ0v) is 19.4. The third-order valence-electron chi connectivity index (χ3n) is 6.91. The van der Waals surface area contributed by atoms with Crippen molar-refractivity contribution >= 4 is 23.8 Å². The molecule has 1 unspecified atom stereocenters. The minimum Gasteiger partial charge on any atom is -0.477 e. The lowest BCUT2D eigenvalue weighted by molar-refractivity contribution is -0.122. The van der Waals surface area contributed by atoms with Gasteiger partial charge in [0, 0.05) is 19.0 Å². The Morgan fingerprint density at radius 2 is 1.69 bits per heavy atom. The van der Waals surface area contributed by atoms with Crippen LogP contribution in [0.5, 0.6) is 0 Å². The van der Waals surface area contributed by atoms with Gasteiger partial charge in [0.05, 0.1) is 0 Å². The molecule has 5 rings (SSSR count). The van der Waals surface area contributed by atoms with Gasteiger partial charge in [-0.05, 0) is 47.9 Å². The summed E-state index contributed by atoms with van der Waals surface area (Å²) in [6.45, 7) is 1.80. The molecule has 35 heavy (non-hydrogen) atoms. The largest absolute Gasteiger partial charge is 0.477 e. The second-order valence-corrected chi connectivity index (χ2v) is 9.22. The van der Waals surface area contributed by atoms with Gasteiger partial charge in [0.25, 0.3) is 5.91 Å². The van der Waals surface area contributed by atoms with E-state index >= 15 is 0 Å². The van der Waals surface area contributed by atoms with Crippen LogP contribution >= 0.6 is 0 Å². The van der Waals surface area contributed by atoms with Gasteiger partial charge in [-0.3, -0.25) is 9.48 Å². The normalized spacial score (nSPS) is 16.1. The summed E-state index contributed by atoms with van der Waals surface area (Å²) >= 11 is 0. The lowest BCUT2D eigenvalue weighted by Crippen LogP contribution is -2.56. The third kappa shape index (κ3) is 4.14. The molecule has 0 aliphatic heterocycles. The van der Waals surface area contributed by atoms with E-state index in [2.05, 4.69) is 27.9 Å². The standard InChI is InChI=1S/C26H26N4O5/c1-26(15-11-12-15,24(33)27-22-13-21(23(31)32)30(2)29-22)28-25(34)35-14-20-18-9-5-3-7-16(18)17-8-4-6-10-19(17)20/h3-10,13,15,20H,11-12,14H2,1-2H3,(H,28,34)(H,31,32)(H,27,29,33). The molecular weight excluding hydrogens is 448 g/mol. The zero-order chi connectivity index (χ0) is 24.7. The lowest BCUT2D eigenvalue weighted by Gasteiger charge is -2.29. The molecule has 2 aliphatic rings. The molecular formula is C26H26N4O5. The molecule has 1 aromatic heterocycles. The molecule has 1 fully saturated rings. The van der Waals surface area contributed by atoms with E-state index in [9.17, 15) is 19.5 Å². The summed E-state index contributed by atoms with van der Waals surface area (Å²) in [5, 5.41) is 18.7. The molecule has 2 aromatic carbocycles. The smallest absolute Gasteiger partial charge is 0.408 e. The maximum atomic E-state index is 13.2. The molecule has 0 spiro atoms. The highest BCUT2D eigenvalue weighted by molar-refractivity contribution is 6.00. The summed E-state index contributed by atoms with van der Waals surface area (Å²) in [7, 11) is 1.48. The first-order chi connectivity index (χ1) is 16.8. The number of nitrogens with one attached hydrogen (secondary N) is 2. The van der Waals surface area contributed by atoms with E-state index in [4.69, 9.17) is 4.74 Å². The number of carbonyl (C=O) groups excluding carboxylic acids is 2. The average molecular weight is 475 g/mol. The molecule has 9 nitrogen and oxygen atoms in total. The van der Waals surface area contributed by atoms with Crippen molar-refractivity contribution in [1.29, 1.82) is 0 Å². The van der Waals surface area contributed by atoms with Gasteiger partial charge in [0.2, 0.25) is 0 Å². The summed E-state index contributed by atoms with van der Waals surface area (Å²) in [4.78, 5) is 37.3. The summed E-state index contributed by atoms with van der Waals surface area (Å²) in [6.07, 6.45) is 0.899. The third-order valence-corrected chi connectivity index (χ3v) is 6.91. The minimum absolute atomic E-state index is 0.0503. The van der Waals surface area contributed by atoms with Crippen molar-refractivity contribution in [3.63, 3.8) is 0 Å². The van der Waals surface area contributed by atoms with E-state index in [0.717, 1.165) is 35.1 Å². The molecule has 1 atom stereocenters. The molecule has 2 amide bonds. The van der Waals surface area contributed by atoms with Crippen LogP contribution in [0.3, 0.4) is 0 Å². The minimum atomic E-state index is -1.22. The Labute approximate surface area is 202 Å². The van der Waals surface area contributed by atoms with Crippen molar-refractivity contribution in [1.82, 2.24) is 15.1 Å². The first kappa shape index (κ1) is 22.6. The van der Waals surface area contributed by atoms with Crippen LogP contribution in [-0.2, 0) is 16.6 Å². The second kappa shape index (κ2) is 8.57. The number of anilines is 1. The first-order valence-electron chi connectivity index (χ1n) is 11.5. The van der Waals surface area contributed by atoms with Crippen molar-refractivity contribution in [2.75, 3.05) is 11.9 Å². The van der Waals surface area contributed by atoms with Crippen LogP contribution in [-0.4, -0.2) is 45.0 Å². The monoisotopic (exact) mass is 474 g/mol. The number of aromatic nitrogens is 2. The fourth-order valence-corrected chi connectivity index (χ4v) is 4.83. The van der Waals surface area contributed by atoms with E-state index in [1.165, 1.54) is 17.8 Å². The maximum absolute atomic E-state index is 13.2. The number of carboxylic acids is 1. The number of carboxylic acid groups (broad SMARTS) is 1. The summed E-state index contributed by atoms with van der Waals surface area (Å²) in [6, 6.07) is 17.4. The summed E-state index contributed by atoms with van der Waals surface area (Å²) in [5.41, 5.74) is 3.20. The average Bonchev–Trinajstić information content (AvgIpc) is 3.56. The molecule has 1 saturated carbocycles. The highest BCUT2D eigenvalue weighted by Crippen LogP contribution is 2.44. The molecule has 0 bridgehead atoms. The Balaban J connectivity index is 1.28. The molecule has 2 aliphatic carbocycles. The van der Waals surface area contributed by atoms with Crippen LogP contribution < -0.4 is 10.6 Å². The van der Waals surface area contributed by atoms with Gasteiger partial charge in [-0.15, -0.1) is 0 Å². The number of rotatable bonds is 7. The van der Waals surface area contributed by atoms with Crippen LogP contribution in [0.4, 0.5) is 10.6 Å². The number of fused-ring (bicyclic) bond motifs is 3. The van der Waals surface area contributed by atoms with E-state index in [1.54, 1.807) is 6.92 Å². The predicted molar refractivity (Wildman–Crippen MR) is 128 cm³/mol. The van der Waals surface area contributed by atoms with Crippen molar-refractivity contribution in [2.45, 2.75) is 31.2 Å². The number of hydrogen-bond acceptors (Lipinski definition) is 5. The predicted octanol–water partition coefficient (Wildman–Crippen LogP) is 3.76. The SMILES string of the molecule is Cn1nc(NC(=O)C(C)(NC(=O)OCC2c3ccccc3-c3ccccc32)C2CC2)cc1C(=O)O. The van der Waals surface area contributed by atoms with Crippen molar-refractivity contribution in [3.8, 4) is 11.1 Å². The fraction of sp³-hybridized carbons (Fsp3) is 0.308. The van der Waals surface area contributed by atoms with Gasteiger partial charge in [0.1, 0.15) is 17.8 Å². The van der Waals surface area contributed by atoms with Crippen LogP contribution in [0.2, 0.25) is 0 Å². The Morgan fingerprint density at radius 1 is 1.09 bits per heavy atom. The van der Waals surface area contributed by atoms with Gasteiger partial charge >= 0.3 is 12.1 Å². The van der Waals surface area contributed by atoms with Crippen molar-refractivity contribution < 1.29 is 24.2 Å². The number of aryl methyl sites for hydroxylation is 1. The van der Waals surface area contributed by atoms with Gasteiger partial charge in [-0.1, -0.05) is 48.5 Å². The number of alkyl carbamates (subject to hydrolysis) is 1. The van der Waals surface area contributed by atoms with E-state index in [0.29, 0.717) is 0 Å². The van der Waals surface area contributed by atoms with Crippen LogP contribution in [0.1, 0.15) is 47.3 Å². The highest BCUT2D eigenvalue weighted by atomic mass is 16.5. The Bertz CT molecular complexity index is 1280. The van der Waals surface area contributed by atoms with E-state index < -0.39 is 23.5 Å². The van der Waals surface area contributed by atoms with E-state index in [1.807, 2.05) is 36.4 Å².